The molecule has 1 N–H and O–H groups in total. The Labute approximate surface area is 85.8 Å². The maximum absolute atomic E-state index is 4.11. The molecule has 1 aromatic rings. The molecule has 3 nitrogen and oxygen atoms in total. The third kappa shape index (κ3) is 2.62. The molecule has 14 heavy (non-hydrogen) atoms. The standard InChI is InChI=1S/C11H19N3/c1-8(2)9(3)13-10(4)11-6-12-14(5)7-11/h6-9,13H,4H2,1-3,5H3/t9-/m1/s1. The number of aromatic nitrogens is 2. The van der Waals surface area contributed by atoms with Gasteiger partial charge < -0.3 is 5.32 Å². The quantitative estimate of drug-likeness (QED) is 0.793. The zero-order chi connectivity index (χ0) is 10.7. The van der Waals surface area contributed by atoms with E-state index in [0.29, 0.717) is 12.0 Å². The molecule has 0 amide bonds. The van der Waals surface area contributed by atoms with Crippen LogP contribution in [0.4, 0.5) is 0 Å². The van der Waals surface area contributed by atoms with Gasteiger partial charge in [-0.1, -0.05) is 20.4 Å². The molecule has 0 aliphatic rings. The molecule has 0 saturated carbocycles. The minimum absolute atomic E-state index is 0.433. The molecule has 0 aliphatic heterocycles. The zero-order valence-corrected chi connectivity index (χ0v) is 9.41. The van der Waals surface area contributed by atoms with Gasteiger partial charge >= 0.3 is 0 Å². The third-order valence-electron chi connectivity index (χ3n) is 2.46. The number of nitrogens with one attached hydrogen (secondary N) is 1. The first-order valence-electron chi connectivity index (χ1n) is 4.95. The molecule has 0 fully saturated rings. The van der Waals surface area contributed by atoms with Crippen molar-refractivity contribution in [3.05, 3.63) is 24.5 Å². The molecule has 1 rings (SSSR count). The summed E-state index contributed by atoms with van der Waals surface area (Å²) in [5, 5.41) is 7.47. The van der Waals surface area contributed by atoms with E-state index in [2.05, 4.69) is 37.8 Å². The van der Waals surface area contributed by atoms with E-state index in [1.54, 1.807) is 4.68 Å². The summed E-state index contributed by atoms with van der Waals surface area (Å²) < 4.78 is 1.78. The van der Waals surface area contributed by atoms with Crippen LogP contribution in [0.15, 0.2) is 19.0 Å². The van der Waals surface area contributed by atoms with Gasteiger partial charge in [-0.3, -0.25) is 4.68 Å². The zero-order valence-electron chi connectivity index (χ0n) is 9.41. The summed E-state index contributed by atoms with van der Waals surface area (Å²) in [6.45, 7) is 10.5. The summed E-state index contributed by atoms with van der Waals surface area (Å²) in [4.78, 5) is 0. The molecule has 1 aromatic heterocycles. The van der Waals surface area contributed by atoms with Gasteiger partial charge in [-0.2, -0.15) is 5.10 Å². The van der Waals surface area contributed by atoms with Gasteiger partial charge in [-0.15, -0.1) is 0 Å². The maximum Gasteiger partial charge on any atom is 0.0582 e. The fourth-order valence-corrected chi connectivity index (χ4v) is 1.10. The van der Waals surface area contributed by atoms with E-state index in [1.807, 2.05) is 19.4 Å². The van der Waals surface area contributed by atoms with Gasteiger partial charge in [-0.25, -0.2) is 0 Å². The number of hydrogen-bond donors (Lipinski definition) is 1. The van der Waals surface area contributed by atoms with E-state index in [9.17, 15) is 0 Å². The minimum Gasteiger partial charge on any atom is -0.382 e. The van der Waals surface area contributed by atoms with Crippen molar-refractivity contribution in [2.75, 3.05) is 0 Å². The van der Waals surface area contributed by atoms with Crippen molar-refractivity contribution >= 4 is 5.70 Å². The summed E-state index contributed by atoms with van der Waals surface area (Å²) in [6.07, 6.45) is 3.78. The average molecular weight is 193 g/mol. The Morgan fingerprint density at radius 1 is 1.50 bits per heavy atom. The molecule has 3 heteroatoms. The van der Waals surface area contributed by atoms with Gasteiger partial charge in [0.2, 0.25) is 0 Å². The monoisotopic (exact) mass is 193 g/mol. The van der Waals surface area contributed by atoms with E-state index in [-0.39, 0.29) is 0 Å². The van der Waals surface area contributed by atoms with E-state index in [0.717, 1.165) is 11.3 Å². The molecule has 0 radical (unpaired) electrons. The largest absolute Gasteiger partial charge is 0.382 e. The highest BCUT2D eigenvalue weighted by molar-refractivity contribution is 5.60. The minimum atomic E-state index is 0.433. The molecule has 0 saturated heterocycles. The molecule has 0 aliphatic carbocycles. The van der Waals surface area contributed by atoms with Crippen molar-refractivity contribution in [1.29, 1.82) is 0 Å². The van der Waals surface area contributed by atoms with E-state index >= 15 is 0 Å². The molecule has 0 unspecified atom stereocenters. The SMILES string of the molecule is C=C(N[C@H](C)C(C)C)c1cnn(C)c1. The van der Waals surface area contributed by atoms with Gasteiger partial charge in [0.25, 0.3) is 0 Å². The molecular weight excluding hydrogens is 174 g/mol. The van der Waals surface area contributed by atoms with Crippen LogP contribution in [0.5, 0.6) is 0 Å². The molecule has 0 spiro atoms. The van der Waals surface area contributed by atoms with Crippen molar-refractivity contribution in [3.63, 3.8) is 0 Å². The van der Waals surface area contributed by atoms with Crippen molar-refractivity contribution in [2.24, 2.45) is 13.0 Å². The Bertz CT molecular complexity index is 312. The van der Waals surface area contributed by atoms with Crippen LogP contribution in [0, 0.1) is 5.92 Å². The maximum atomic E-state index is 4.11. The van der Waals surface area contributed by atoms with Crippen LogP contribution in [0.1, 0.15) is 26.3 Å². The third-order valence-corrected chi connectivity index (χ3v) is 2.46. The molecule has 78 valence electrons. The summed E-state index contributed by atoms with van der Waals surface area (Å²) >= 11 is 0. The van der Waals surface area contributed by atoms with Crippen molar-refractivity contribution < 1.29 is 0 Å². The Morgan fingerprint density at radius 2 is 2.14 bits per heavy atom. The first kappa shape index (κ1) is 10.8. The first-order valence-corrected chi connectivity index (χ1v) is 4.95. The number of aryl methyl sites for hydroxylation is 1. The fourth-order valence-electron chi connectivity index (χ4n) is 1.10. The Kier molecular flexibility index (Phi) is 3.33. The molecule has 0 aromatic carbocycles. The van der Waals surface area contributed by atoms with Crippen LogP contribution in [-0.4, -0.2) is 15.8 Å². The highest BCUT2D eigenvalue weighted by Crippen LogP contribution is 2.10. The summed E-state index contributed by atoms with van der Waals surface area (Å²) in [5.74, 6) is 0.600. The Hall–Kier alpha value is -1.25. The molecule has 0 bridgehead atoms. The molecular formula is C11H19N3. The summed E-state index contributed by atoms with van der Waals surface area (Å²) in [5.41, 5.74) is 2.00. The second-order valence-electron chi connectivity index (χ2n) is 4.06. The second kappa shape index (κ2) is 4.31. The molecule has 1 atom stereocenters. The van der Waals surface area contributed by atoms with Gasteiger partial charge in [-0.05, 0) is 12.8 Å². The van der Waals surface area contributed by atoms with Crippen molar-refractivity contribution in [3.8, 4) is 0 Å². The van der Waals surface area contributed by atoms with Crippen molar-refractivity contribution in [1.82, 2.24) is 15.1 Å². The van der Waals surface area contributed by atoms with E-state index in [4.69, 9.17) is 0 Å². The van der Waals surface area contributed by atoms with Crippen LogP contribution in [0.3, 0.4) is 0 Å². The second-order valence-corrected chi connectivity index (χ2v) is 4.06. The van der Waals surface area contributed by atoms with Gasteiger partial charge in [0, 0.05) is 30.5 Å². The average Bonchev–Trinajstić information content (AvgIpc) is 2.51. The van der Waals surface area contributed by atoms with Gasteiger partial charge in [0.1, 0.15) is 0 Å². The van der Waals surface area contributed by atoms with Crippen molar-refractivity contribution in [2.45, 2.75) is 26.8 Å². The highest BCUT2D eigenvalue weighted by atomic mass is 15.2. The van der Waals surface area contributed by atoms with Crippen LogP contribution in [0.25, 0.3) is 5.70 Å². The smallest absolute Gasteiger partial charge is 0.0582 e. The fraction of sp³-hybridized carbons (Fsp3) is 0.545. The lowest BCUT2D eigenvalue weighted by Gasteiger charge is -2.19. The predicted molar refractivity (Wildman–Crippen MR) is 59.7 cm³/mol. The first-order chi connectivity index (χ1) is 6.50. The Morgan fingerprint density at radius 3 is 2.57 bits per heavy atom. The predicted octanol–water partition coefficient (Wildman–Crippen LogP) is 2.02. The van der Waals surface area contributed by atoms with Crippen LogP contribution in [0.2, 0.25) is 0 Å². The van der Waals surface area contributed by atoms with Crippen LogP contribution in [-0.2, 0) is 7.05 Å². The molecule has 1 heterocycles. The number of rotatable bonds is 4. The lowest BCUT2D eigenvalue weighted by molar-refractivity contribution is 0.481. The summed E-state index contributed by atoms with van der Waals surface area (Å²) in [7, 11) is 1.91. The summed E-state index contributed by atoms with van der Waals surface area (Å²) in [6, 6.07) is 0.433. The number of hydrogen-bond acceptors (Lipinski definition) is 2. The topological polar surface area (TPSA) is 29.9 Å². The van der Waals surface area contributed by atoms with Gasteiger partial charge in [0.15, 0.2) is 0 Å². The normalized spacial score (nSPS) is 12.9. The lowest BCUT2D eigenvalue weighted by atomic mass is 10.1. The lowest BCUT2D eigenvalue weighted by Crippen LogP contribution is -2.28. The highest BCUT2D eigenvalue weighted by Gasteiger charge is 2.08. The van der Waals surface area contributed by atoms with E-state index < -0.39 is 0 Å². The van der Waals surface area contributed by atoms with Crippen LogP contribution >= 0.6 is 0 Å². The Balaban J connectivity index is 2.59. The van der Waals surface area contributed by atoms with E-state index in [1.165, 1.54) is 0 Å². The van der Waals surface area contributed by atoms with Crippen LogP contribution < -0.4 is 5.32 Å². The number of nitrogens with zero attached hydrogens (tertiary/aromatic N) is 2. The van der Waals surface area contributed by atoms with Gasteiger partial charge in [0.05, 0.1) is 6.20 Å².